The summed E-state index contributed by atoms with van der Waals surface area (Å²) in [7, 11) is 0. The van der Waals surface area contributed by atoms with Gasteiger partial charge in [-0.3, -0.25) is 4.98 Å². The number of fused-ring (bicyclic) bond motifs is 1. The molecule has 0 saturated heterocycles. The summed E-state index contributed by atoms with van der Waals surface area (Å²) in [6.07, 6.45) is 3.70. The van der Waals surface area contributed by atoms with E-state index in [-0.39, 0.29) is 51.4 Å². The molecule has 0 spiro atoms. The molecule has 0 aromatic carbocycles. The maximum atomic E-state index is 3.99. The standard InChI is InChI=1S/C7H5NS.K.H/c1-3-8-5-6-2-4-9-7(1)6;;/h1-5H;;. The molecule has 0 saturated carbocycles. The number of hydrogen-bond acceptors (Lipinski definition) is 2. The van der Waals surface area contributed by atoms with Crippen molar-refractivity contribution in [3.63, 3.8) is 0 Å². The van der Waals surface area contributed by atoms with Crippen LogP contribution < -0.4 is 0 Å². The number of pyridine rings is 1. The van der Waals surface area contributed by atoms with Crippen molar-refractivity contribution >= 4 is 72.8 Å². The fraction of sp³-hybridized carbons (Fsp3) is 0. The van der Waals surface area contributed by atoms with Crippen LogP contribution in [0.15, 0.2) is 29.9 Å². The number of rotatable bonds is 0. The van der Waals surface area contributed by atoms with Crippen LogP contribution in [-0.2, 0) is 0 Å². The molecule has 2 aromatic rings. The SMILES string of the molecule is [KH].c1cc2sccc2cn1. The molecule has 2 aromatic heterocycles. The Morgan fingerprint density at radius 2 is 2.20 bits per heavy atom. The van der Waals surface area contributed by atoms with Crippen molar-refractivity contribution in [1.82, 2.24) is 4.98 Å². The number of aromatic nitrogens is 1. The van der Waals surface area contributed by atoms with Crippen LogP contribution in [0.1, 0.15) is 0 Å². The molecule has 0 radical (unpaired) electrons. The first-order valence-electron chi connectivity index (χ1n) is 2.74. The fourth-order valence-corrected chi connectivity index (χ4v) is 1.56. The Morgan fingerprint density at radius 1 is 1.30 bits per heavy atom. The van der Waals surface area contributed by atoms with E-state index in [9.17, 15) is 0 Å². The maximum absolute atomic E-state index is 3.99. The van der Waals surface area contributed by atoms with Gasteiger partial charge in [-0.05, 0) is 17.5 Å². The largest absolute Gasteiger partial charge is 0.264 e. The van der Waals surface area contributed by atoms with Gasteiger partial charge in [0.05, 0.1) is 0 Å². The van der Waals surface area contributed by atoms with Gasteiger partial charge in [0.15, 0.2) is 0 Å². The predicted molar refractivity (Wildman–Crippen MR) is 46.8 cm³/mol. The van der Waals surface area contributed by atoms with Crippen molar-refractivity contribution in [2.75, 3.05) is 0 Å². The molecule has 0 atom stereocenters. The van der Waals surface area contributed by atoms with Gasteiger partial charge in [-0.1, -0.05) is 0 Å². The van der Waals surface area contributed by atoms with Crippen LogP contribution in [0.5, 0.6) is 0 Å². The molecule has 0 bridgehead atoms. The van der Waals surface area contributed by atoms with E-state index in [1.807, 2.05) is 18.5 Å². The Morgan fingerprint density at radius 3 is 3.00 bits per heavy atom. The second kappa shape index (κ2) is 3.95. The van der Waals surface area contributed by atoms with Gasteiger partial charge in [0.2, 0.25) is 0 Å². The molecule has 2 heterocycles. The average Bonchev–Trinajstić information content (AvgIpc) is 2.33. The number of nitrogens with zero attached hydrogens (tertiary/aromatic N) is 1. The average molecular weight is 175 g/mol. The zero-order chi connectivity index (χ0) is 6.10. The van der Waals surface area contributed by atoms with Gasteiger partial charge in [-0.15, -0.1) is 11.3 Å². The van der Waals surface area contributed by atoms with Crippen molar-refractivity contribution in [3.8, 4) is 0 Å². The minimum absolute atomic E-state index is 0. The van der Waals surface area contributed by atoms with E-state index in [0.29, 0.717) is 0 Å². The van der Waals surface area contributed by atoms with Crippen LogP contribution in [0.3, 0.4) is 0 Å². The first-order valence-corrected chi connectivity index (χ1v) is 3.62. The summed E-state index contributed by atoms with van der Waals surface area (Å²) in [4.78, 5) is 3.99. The first kappa shape index (κ1) is 8.84. The molecule has 10 heavy (non-hydrogen) atoms. The van der Waals surface area contributed by atoms with Crippen LogP contribution in [0.25, 0.3) is 10.1 Å². The molecule has 0 amide bonds. The van der Waals surface area contributed by atoms with Crippen molar-refractivity contribution in [2.45, 2.75) is 0 Å². The number of hydrogen-bond donors (Lipinski definition) is 0. The van der Waals surface area contributed by atoms with E-state index in [4.69, 9.17) is 0 Å². The van der Waals surface area contributed by atoms with Crippen LogP contribution in [0, 0.1) is 0 Å². The molecule has 0 N–H and O–H groups in total. The smallest absolute Gasteiger partial charge is 0.0373 e. The quantitative estimate of drug-likeness (QED) is 0.555. The minimum atomic E-state index is 0. The van der Waals surface area contributed by atoms with Crippen LogP contribution in [-0.4, -0.2) is 56.4 Å². The minimum Gasteiger partial charge on any atom is -0.264 e. The molecule has 46 valence electrons. The summed E-state index contributed by atoms with van der Waals surface area (Å²) < 4.78 is 1.31. The molecule has 0 fully saturated rings. The summed E-state index contributed by atoms with van der Waals surface area (Å²) in [6, 6.07) is 4.10. The molecule has 0 aliphatic rings. The molecular weight excluding hydrogens is 169 g/mol. The van der Waals surface area contributed by atoms with Crippen molar-refractivity contribution < 1.29 is 0 Å². The van der Waals surface area contributed by atoms with Crippen molar-refractivity contribution in [3.05, 3.63) is 29.9 Å². The third-order valence-electron chi connectivity index (χ3n) is 1.25. The Hall–Kier alpha value is 0.746. The van der Waals surface area contributed by atoms with Gasteiger partial charge in [-0.25, -0.2) is 0 Å². The molecule has 0 aliphatic heterocycles. The monoisotopic (exact) mass is 175 g/mol. The number of thiophene rings is 1. The van der Waals surface area contributed by atoms with Gasteiger partial charge in [-0.2, -0.15) is 0 Å². The van der Waals surface area contributed by atoms with Crippen molar-refractivity contribution in [2.24, 2.45) is 0 Å². The first-order chi connectivity index (χ1) is 4.47. The summed E-state index contributed by atoms with van der Waals surface area (Å²) in [5.74, 6) is 0. The van der Waals surface area contributed by atoms with Gasteiger partial charge < -0.3 is 0 Å². The third-order valence-corrected chi connectivity index (χ3v) is 2.15. The van der Waals surface area contributed by atoms with E-state index in [2.05, 4.69) is 16.4 Å². The Bertz CT molecular complexity index is 288. The summed E-state index contributed by atoms with van der Waals surface area (Å²) in [5, 5.41) is 3.31. The maximum Gasteiger partial charge on any atom is 0.0373 e. The zero-order valence-electron chi connectivity index (χ0n) is 4.74. The van der Waals surface area contributed by atoms with E-state index in [1.165, 1.54) is 10.1 Å². The second-order valence-electron chi connectivity index (χ2n) is 1.83. The molecule has 0 aliphatic carbocycles. The Kier molecular flexibility index (Phi) is 3.49. The van der Waals surface area contributed by atoms with E-state index in [0.717, 1.165) is 0 Å². The van der Waals surface area contributed by atoms with Gasteiger partial charge in [0.25, 0.3) is 0 Å². The van der Waals surface area contributed by atoms with Gasteiger partial charge in [0, 0.05) is 22.5 Å². The molecule has 0 unspecified atom stereocenters. The van der Waals surface area contributed by atoms with Gasteiger partial charge >= 0.3 is 51.4 Å². The Labute approximate surface area is 106 Å². The predicted octanol–water partition coefficient (Wildman–Crippen LogP) is 1.65. The van der Waals surface area contributed by atoms with E-state index in [1.54, 1.807) is 11.3 Å². The summed E-state index contributed by atoms with van der Waals surface area (Å²) in [6.45, 7) is 0. The molecular formula is C7H6KNS. The zero-order valence-corrected chi connectivity index (χ0v) is 5.56. The Balaban J connectivity index is 0.000000500. The van der Waals surface area contributed by atoms with Crippen LogP contribution in [0.2, 0.25) is 0 Å². The van der Waals surface area contributed by atoms with E-state index < -0.39 is 0 Å². The molecule has 1 nitrogen and oxygen atoms in total. The van der Waals surface area contributed by atoms with Gasteiger partial charge in [0.1, 0.15) is 0 Å². The summed E-state index contributed by atoms with van der Waals surface area (Å²) >= 11 is 1.75. The van der Waals surface area contributed by atoms with Crippen LogP contribution in [0.4, 0.5) is 0 Å². The fourth-order valence-electron chi connectivity index (χ4n) is 0.807. The normalized spacial score (nSPS) is 9.20. The topological polar surface area (TPSA) is 12.9 Å². The summed E-state index contributed by atoms with van der Waals surface area (Å²) in [5.41, 5.74) is 0. The molecule has 2 rings (SSSR count). The second-order valence-corrected chi connectivity index (χ2v) is 2.78. The molecule has 3 heteroatoms. The van der Waals surface area contributed by atoms with Crippen LogP contribution >= 0.6 is 11.3 Å². The van der Waals surface area contributed by atoms with Crippen molar-refractivity contribution in [1.29, 1.82) is 0 Å². The van der Waals surface area contributed by atoms with E-state index >= 15 is 0 Å². The third kappa shape index (κ3) is 1.67.